The van der Waals surface area contributed by atoms with Crippen molar-refractivity contribution in [2.75, 3.05) is 5.75 Å². The summed E-state index contributed by atoms with van der Waals surface area (Å²) in [4.78, 5) is 13.0. The lowest BCUT2D eigenvalue weighted by atomic mass is 10.1. The van der Waals surface area contributed by atoms with E-state index in [1.54, 1.807) is 11.8 Å². The fourth-order valence-corrected chi connectivity index (χ4v) is 2.36. The van der Waals surface area contributed by atoms with Crippen LogP contribution in [0.25, 0.3) is 0 Å². The van der Waals surface area contributed by atoms with E-state index in [0.717, 1.165) is 35.1 Å². The fraction of sp³-hybridized carbons (Fsp3) is 0.357. The van der Waals surface area contributed by atoms with Gasteiger partial charge in [-0.3, -0.25) is 4.98 Å². The Morgan fingerprint density at radius 3 is 2.78 bits per heavy atom. The van der Waals surface area contributed by atoms with Crippen molar-refractivity contribution in [3.05, 3.63) is 47.5 Å². The molecule has 4 heteroatoms. The lowest BCUT2D eigenvalue weighted by molar-refractivity contribution is 0.898. The SMILES string of the molecule is CCCSc1nccc(Cc2ccnc(C)c2)n1. The molecular formula is C14H17N3S. The van der Waals surface area contributed by atoms with Crippen molar-refractivity contribution in [1.29, 1.82) is 0 Å². The van der Waals surface area contributed by atoms with E-state index in [-0.39, 0.29) is 0 Å². The highest BCUT2D eigenvalue weighted by Gasteiger charge is 2.02. The molecule has 94 valence electrons. The van der Waals surface area contributed by atoms with E-state index < -0.39 is 0 Å². The molecule has 0 atom stereocenters. The van der Waals surface area contributed by atoms with Crippen molar-refractivity contribution in [2.45, 2.75) is 31.8 Å². The molecule has 0 saturated carbocycles. The van der Waals surface area contributed by atoms with Gasteiger partial charge < -0.3 is 0 Å². The van der Waals surface area contributed by atoms with Gasteiger partial charge in [0.2, 0.25) is 0 Å². The third-order valence-corrected chi connectivity index (χ3v) is 3.54. The molecule has 3 nitrogen and oxygen atoms in total. The normalized spacial score (nSPS) is 10.6. The summed E-state index contributed by atoms with van der Waals surface area (Å²) in [6.07, 6.45) is 5.67. The van der Waals surface area contributed by atoms with Crippen molar-refractivity contribution in [3.8, 4) is 0 Å². The molecule has 18 heavy (non-hydrogen) atoms. The third-order valence-electron chi connectivity index (χ3n) is 2.47. The topological polar surface area (TPSA) is 38.7 Å². The van der Waals surface area contributed by atoms with Crippen LogP contribution in [0, 0.1) is 6.92 Å². The van der Waals surface area contributed by atoms with Gasteiger partial charge in [0.15, 0.2) is 5.16 Å². The zero-order valence-electron chi connectivity index (χ0n) is 10.8. The van der Waals surface area contributed by atoms with Crippen LogP contribution in [0.4, 0.5) is 0 Å². The summed E-state index contributed by atoms with van der Waals surface area (Å²) >= 11 is 1.71. The number of hydrogen-bond donors (Lipinski definition) is 0. The summed E-state index contributed by atoms with van der Waals surface area (Å²) in [5.41, 5.74) is 3.35. The van der Waals surface area contributed by atoms with Crippen LogP contribution in [0.3, 0.4) is 0 Å². The molecule has 2 aromatic heterocycles. The van der Waals surface area contributed by atoms with Gasteiger partial charge in [0.1, 0.15) is 0 Å². The van der Waals surface area contributed by atoms with Crippen LogP contribution in [-0.4, -0.2) is 20.7 Å². The van der Waals surface area contributed by atoms with E-state index in [1.807, 2.05) is 31.5 Å². The maximum atomic E-state index is 4.57. The predicted octanol–water partition coefficient (Wildman–Crippen LogP) is 3.27. The van der Waals surface area contributed by atoms with Crippen molar-refractivity contribution in [3.63, 3.8) is 0 Å². The van der Waals surface area contributed by atoms with Crippen LogP contribution in [-0.2, 0) is 6.42 Å². The average Bonchev–Trinajstić information content (AvgIpc) is 2.37. The van der Waals surface area contributed by atoms with Crippen LogP contribution in [0.1, 0.15) is 30.3 Å². The molecule has 0 aliphatic carbocycles. The van der Waals surface area contributed by atoms with Crippen molar-refractivity contribution >= 4 is 11.8 Å². The van der Waals surface area contributed by atoms with Gasteiger partial charge in [-0.25, -0.2) is 9.97 Å². The maximum Gasteiger partial charge on any atom is 0.187 e. The van der Waals surface area contributed by atoms with E-state index >= 15 is 0 Å². The van der Waals surface area contributed by atoms with Gasteiger partial charge in [0.05, 0.1) is 0 Å². The minimum absolute atomic E-state index is 0.839. The van der Waals surface area contributed by atoms with Crippen molar-refractivity contribution < 1.29 is 0 Å². The molecule has 0 bridgehead atoms. The number of hydrogen-bond acceptors (Lipinski definition) is 4. The Hall–Kier alpha value is -1.42. The number of thioether (sulfide) groups is 1. The molecule has 0 radical (unpaired) electrons. The van der Waals surface area contributed by atoms with Crippen LogP contribution >= 0.6 is 11.8 Å². The molecule has 0 aliphatic heterocycles. The largest absolute Gasteiger partial charge is 0.262 e. The van der Waals surface area contributed by atoms with Crippen molar-refractivity contribution in [1.82, 2.24) is 15.0 Å². The van der Waals surface area contributed by atoms with E-state index in [2.05, 4.69) is 27.9 Å². The van der Waals surface area contributed by atoms with Gasteiger partial charge in [0, 0.05) is 36.0 Å². The molecule has 0 aliphatic rings. The molecule has 0 amide bonds. The smallest absolute Gasteiger partial charge is 0.187 e. The Labute approximate surface area is 112 Å². The summed E-state index contributed by atoms with van der Waals surface area (Å²) in [7, 11) is 0. The molecule has 0 fully saturated rings. The number of rotatable bonds is 5. The zero-order valence-corrected chi connectivity index (χ0v) is 11.6. The lowest BCUT2D eigenvalue weighted by Gasteiger charge is -2.04. The van der Waals surface area contributed by atoms with E-state index in [0.29, 0.717) is 0 Å². The van der Waals surface area contributed by atoms with E-state index in [9.17, 15) is 0 Å². The highest BCUT2D eigenvalue weighted by Crippen LogP contribution is 2.15. The van der Waals surface area contributed by atoms with E-state index in [4.69, 9.17) is 0 Å². The first-order valence-corrected chi connectivity index (χ1v) is 7.12. The molecule has 2 heterocycles. The minimum Gasteiger partial charge on any atom is -0.262 e. The van der Waals surface area contributed by atoms with Gasteiger partial charge in [-0.1, -0.05) is 18.7 Å². The second kappa shape index (κ2) is 6.50. The number of aromatic nitrogens is 3. The molecule has 0 spiro atoms. The second-order valence-electron chi connectivity index (χ2n) is 4.16. The summed E-state index contributed by atoms with van der Waals surface area (Å²) < 4.78 is 0. The molecule has 2 aromatic rings. The van der Waals surface area contributed by atoms with Crippen LogP contribution in [0.2, 0.25) is 0 Å². The monoisotopic (exact) mass is 259 g/mol. The third kappa shape index (κ3) is 3.81. The summed E-state index contributed by atoms with van der Waals surface area (Å²) in [5.74, 6) is 1.07. The standard InChI is InChI=1S/C14H17N3S/c1-3-8-18-14-16-7-5-13(17-14)10-12-4-6-15-11(2)9-12/h4-7,9H,3,8,10H2,1-2H3. The quantitative estimate of drug-likeness (QED) is 0.610. The molecule has 2 rings (SSSR count). The van der Waals surface area contributed by atoms with Gasteiger partial charge in [-0.05, 0) is 37.1 Å². The highest BCUT2D eigenvalue weighted by atomic mass is 32.2. The fourth-order valence-electron chi connectivity index (χ4n) is 1.66. The van der Waals surface area contributed by atoms with Crippen LogP contribution < -0.4 is 0 Å². The predicted molar refractivity (Wildman–Crippen MR) is 74.8 cm³/mol. The summed E-state index contributed by atoms with van der Waals surface area (Å²) in [5, 5.41) is 0.875. The van der Waals surface area contributed by atoms with Gasteiger partial charge in [0.25, 0.3) is 0 Å². The Morgan fingerprint density at radius 2 is 2.00 bits per heavy atom. The van der Waals surface area contributed by atoms with Crippen molar-refractivity contribution in [2.24, 2.45) is 0 Å². The number of aryl methyl sites for hydroxylation is 1. The Morgan fingerprint density at radius 1 is 1.17 bits per heavy atom. The molecule has 0 aromatic carbocycles. The highest BCUT2D eigenvalue weighted by molar-refractivity contribution is 7.99. The lowest BCUT2D eigenvalue weighted by Crippen LogP contribution is -1.96. The zero-order chi connectivity index (χ0) is 12.8. The average molecular weight is 259 g/mol. The van der Waals surface area contributed by atoms with Gasteiger partial charge in [-0.15, -0.1) is 0 Å². The molecular weight excluding hydrogens is 242 g/mol. The minimum atomic E-state index is 0.839. The first-order valence-electron chi connectivity index (χ1n) is 6.14. The van der Waals surface area contributed by atoms with Crippen LogP contribution in [0.5, 0.6) is 0 Å². The summed E-state index contributed by atoms with van der Waals surface area (Å²) in [6.45, 7) is 4.17. The first kappa shape index (κ1) is 13.0. The van der Waals surface area contributed by atoms with Gasteiger partial charge >= 0.3 is 0 Å². The maximum absolute atomic E-state index is 4.57. The molecule has 0 unspecified atom stereocenters. The molecule has 0 saturated heterocycles. The number of pyridine rings is 1. The first-order chi connectivity index (χ1) is 8.78. The Bertz CT molecular complexity index is 514. The van der Waals surface area contributed by atoms with Crippen LogP contribution in [0.15, 0.2) is 35.7 Å². The number of nitrogens with zero attached hydrogens (tertiary/aromatic N) is 3. The Balaban J connectivity index is 2.09. The summed E-state index contributed by atoms with van der Waals surface area (Å²) in [6, 6.07) is 6.11. The Kier molecular flexibility index (Phi) is 4.70. The van der Waals surface area contributed by atoms with Gasteiger partial charge in [-0.2, -0.15) is 0 Å². The van der Waals surface area contributed by atoms with E-state index in [1.165, 1.54) is 5.56 Å². The molecule has 0 N–H and O–H groups in total. The second-order valence-corrected chi connectivity index (χ2v) is 5.22.